The number of aryl methyl sites for hydroxylation is 3. The first-order chi connectivity index (χ1) is 19.7. The summed E-state index contributed by atoms with van der Waals surface area (Å²) >= 11 is 2.94. The summed E-state index contributed by atoms with van der Waals surface area (Å²) in [6, 6.07) is 15.0. The van der Waals surface area contributed by atoms with Crippen LogP contribution in [0.3, 0.4) is 0 Å². The number of aliphatic imine (C=N–C) groups is 1. The van der Waals surface area contributed by atoms with Crippen LogP contribution in [0.1, 0.15) is 29.2 Å². The van der Waals surface area contributed by atoms with Gasteiger partial charge in [0.1, 0.15) is 5.69 Å². The summed E-state index contributed by atoms with van der Waals surface area (Å²) < 4.78 is 7.13. The number of aromatic nitrogens is 1. The van der Waals surface area contributed by atoms with Crippen LogP contribution >= 0.6 is 23.1 Å². The Balaban J connectivity index is 1.28. The van der Waals surface area contributed by atoms with Gasteiger partial charge in [-0.1, -0.05) is 35.5 Å². The lowest BCUT2D eigenvalue weighted by molar-refractivity contribution is -0.384. The highest BCUT2D eigenvalue weighted by Gasteiger charge is 2.22. The van der Waals surface area contributed by atoms with Crippen LogP contribution < -0.4 is 10.2 Å². The zero-order chi connectivity index (χ0) is 29.1. The van der Waals surface area contributed by atoms with E-state index in [0.29, 0.717) is 43.2 Å². The predicted octanol–water partition coefficient (Wildman–Crippen LogP) is 6.84. The number of hydrogen-bond donors (Lipinski definition) is 1. The number of nitro groups is 1. The van der Waals surface area contributed by atoms with Gasteiger partial charge in [0.15, 0.2) is 4.34 Å². The number of ether oxygens (including phenoxy) is 1. The molecule has 212 valence electrons. The second-order valence-electron chi connectivity index (χ2n) is 10.0. The van der Waals surface area contributed by atoms with Crippen molar-refractivity contribution in [2.45, 2.75) is 37.3 Å². The van der Waals surface area contributed by atoms with Crippen molar-refractivity contribution in [3.8, 4) is 0 Å². The molecule has 1 N–H and O–H groups in total. The number of nitrogens with one attached hydrogen (secondary N) is 1. The Hall–Kier alpha value is -3.80. The molecule has 0 saturated carbocycles. The number of thiazole rings is 1. The van der Waals surface area contributed by atoms with Gasteiger partial charge in [0.25, 0.3) is 5.69 Å². The van der Waals surface area contributed by atoms with E-state index >= 15 is 0 Å². The molecule has 0 radical (unpaired) electrons. The summed E-state index contributed by atoms with van der Waals surface area (Å²) in [5.74, 6) is -0.0664. The molecule has 0 aliphatic carbocycles. The Kier molecular flexibility index (Phi) is 8.67. The molecule has 0 unspecified atom stereocenters. The Bertz CT molecular complexity index is 1620. The van der Waals surface area contributed by atoms with E-state index in [1.807, 2.05) is 56.9 Å². The van der Waals surface area contributed by atoms with E-state index in [1.165, 1.54) is 28.7 Å². The predicted molar refractivity (Wildman–Crippen MR) is 168 cm³/mol. The molecule has 1 aromatic heterocycles. The van der Waals surface area contributed by atoms with Crippen LogP contribution in [0.4, 0.5) is 22.7 Å². The van der Waals surface area contributed by atoms with E-state index in [2.05, 4.69) is 22.4 Å². The number of thioether (sulfide) groups is 1. The number of carbonyl (C=O) groups excluding carboxylic acids is 1. The molecular formula is C30H31N5O4S2. The Morgan fingerprint density at radius 2 is 1.88 bits per heavy atom. The third kappa shape index (κ3) is 6.75. The molecule has 1 aliphatic rings. The van der Waals surface area contributed by atoms with Gasteiger partial charge in [-0.2, -0.15) is 0 Å². The minimum absolute atomic E-state index is 0.0567. The molecular weight excluding hydrogens is 558 g/mol. The zero-order valence-corrected chi connectivity index (χ0v) is 25.0. The highest BCUT2D eigenvalue weighted by molar-refractivity contribution is 8.02. The van der Waals surface area contributed by atoms with E-state index in [4.69, 9.17) is 9.72 Å². The molecule has 2 heterocycles. The maximum absolute atomic E-state index is 12.9. The molecule has 1 amide bonds. The summed E-state index contributed by atoms with van der Waals surface area (Å²) in [7, 11) is 0. The number of fused-ring (bicyclic) bond motifs is 1. The maximum Gasteiger partial charge on any atom is 0.293 e. The van der Waals surface area contributed by atoms with Crippen LogP contribution in [-0.2, 0) is 9.53 Å². The average molecular weight is 590 g/mol. The number of anilines is 2. The van der Waals surface area contributed by atoms with E-state index in [9.17, 15) is 14.9 Å². The summed E-state index contributed by atoms with van der Waals surface area (Å²) in [5, 5.41) is 14.5. The van der Waals surface area contributed by atoms with Gasteiger partial charge < -0.3 is 15.0 Å². The van der Waals surface area contributed by atoms with Gasteiger partial charge in [-0.15, -0.1) is 11.3 Å². The van der Waals surface area contributed by atoms with E-state index in [-0.39, 0.29) is 21.8 Å². The molecule has 1 saturated heterocycles. The van der Waals surface area contributed by atoms with Gasteiger partial charge in [-0.05, 0) is 68.7 Å². The minimum Gasteiger partial charge on any atom is -0.378 e. The Morgan fingerprint density at radius 3 is 2.59 bits per heavy atom. The van der Waals surface area contributed by atoms with Crippen LogP contribution in [-0.4, -0.2) is 53.6 Å². The molecule has 1 aliphatic heterocycles. The Labute approximate surface area is 246 Å². The highest BCUT2D eigenvalue weighted by Crippen LogP contribution is 2.35. The topological polar surface area (TPSA) is 110 Å². The number of carbonyl (C=O) groups is 1. The first-order valence-corrected chi connectivity index (χ1v) is 15.0. The number of amides is 1. The SMILES string of the molecule is Cc1cc(C)c(NC(=O)[C@@H](C)Sc2nc3ccc(N=Cc4ccc(N5CCOCC5)c([N+](=O)[O-])c4)cc3s2)c(C)c1. The quantitative estimate of drug-likeness (QED) is 0.104. The number of morpholine rings is 1. The Morgan fingerprint density at radius 1 is 1.15 bits per heavy atom. The van der Waals surface area contributed by atoms with E-state index < -0.39 is 0 Å². The number of nitrogens with zero attached hydrogens (tertiary/aromatic N) is 4. The number of rotatable bonds is 8. The zero-order valence-electron chi connectivity index (χ0n) is 23.3. The second-order valence-corrected chi connectivity index (χ2v) is 12.6. The fraction of sp³-hybridized carbons (Fsp3) is 0.300. The van der Waals surface area contributed by atoms with Gasteiger partial charge in [0.05, 0.1) is 39.3 Å². The van der Waals surface area contributed by atoms with Gasteiger partial charge in [0.2, 0.25) is 5.91 Å². The molecule has 1 atom stereocenters. The van der Waals surface area contributed by atoms with Gasteiger partial charge in [-0.25, -0.2) is 4.98 Å². The van der Waals surface area contributed by atoms with E-state index in [0.717, 1.165) is 31.4 Å². The van der Waals surface area contributed by atoms with Crippen molar-refractivity contribution in [1.82, 2.24) is 4.98 Å². The molecule has 4 aromatic rings. The molecule has 11 heteroatoms. The molecule has 1 fully saturated rings. The fourth-order valence-electron chi connectivity index (χ4n) is 4.82. The lowest BCUT2D eigenvalue weighted by Gasteiger charge is -2.28. The van der Waals surface area contributed by atoms with Crippen molar-refractivity contribution in [2.75, 3.05) is 36.5 Å². The van der Waals surface area contributed by atoms with Crippen molar-refractivity contribution in [3.63, 3.8) is 0 Å². The monoisotopic (exact) mass is 589 g/mol. The van der Waals surface area contributed by atoms with Gasteiger partial charge in [0, 0.05) is 31.1 Å². The summed E-state index contributed by atoms with van der Waals surface area (Å²) in [6.07, 6.45) is 1.63. The van der Waals surface area contributed by atoms with Crippen LogP contribution in [0.25, 0.3) is 10.2 Å². The van der Waals surface area contributed by atoms with Crippen LogP contribution in [0, 0.1) is 30.9 Å². The third-order valence-electron chi connectivity index (χ3n) is 6.84. The van der Waals surface area contributed by atoms with Crippen molar-refractivity contribution >= 4 is 68.2 Å². The van der Waals surface area contributed by atoms with Crippen LogP contribution in [0.5, 0.6) is 0 Å². The van der Waals surface area contributed by atoms with Crippen molar-refractivity contribution in [1.29, 1.82) is 0 Å². The molecule has 0 spiro atoms. The average Bonchev–Trinajstić information content (AvgIpc) is 3.35. The fourth-order valence-corrected chi connectivity index (χ4v) is 7.06. The lowest BCUT2D eigenvalue weighted by atomic mass is 10.1. The molecule has 3 aromatic carbocycles. The third-order valence-corrected chi connectivity index (χ3v) is 9.05. The summed E-state index contributed by atoms with van der Waals surface area (Å²) in [4.78, 5) is 35.6. The van der Waals surface area contributed by atoms with Crippen molar-refractivity contribution in [3.05, 3.63) is 80.9 Å². The maximum atomic E-state index is 12.9. The number of hydrogen-bond acceptors (Lipinski definition) is 9. The lowest BCUT2D eigenvalue weighted by Crippen LogP contribution is -2.36. The van der Waals surface area contributed by atoms with Gasteiger partial charge >= 0.3 is 0 Å². The largest absolute Gasteiger partial charge is 0.378 e. The normalized spacial score (nSPS) is 14.5. The summed E-state index contributed by atoms with van der Waals surface area (Å²) in [6.45, 7) is 10.3. The second kappa shape index (κ2) is 12.4. The minimum atomic E-state index is -0.352. The highest BCUT2D eigenvalue weighted by atomic mass is 32.2. The first kappa shape index (κ1) is 28.7. The van der Waals surface area contributed by atoms with Crippen LogP contribution in [0.15, 0.2) is 57.9 Å². The number of benzene rings is 3. The number of nitro benzene ring substituents is 1. The smallest absolute Gasteiger partial charge is 0.293 e. The molecule has 9 nitrogen and oxygen atoms in total. The molecule has 41 heavy (non-hydrogen) atoms. The summed E-state index contributed by atoms with van der Waals surface area (Å²) in [5.41, 5.74) is 6.97. The molecule has 5 rings (SSSR count). The van der Waals surface area contributed by atoms with Crippen LogP contribution in [0.2, 0.25) is 0 Å². The van der Waals surface area contributed by atoms with E-state index in [1.54, 1.807) is 18.3 Å². The van der Waals surface area contributed by atoms with Gasteiger partial charge in [-0.3, -0.25) is 19.9 Å². The standard InChI is InChI=1S/C30H31N5O4S2/c1-18-13-19(2)28(20(3)14-18)33-29(36)21(4)40-30-32-24-7-6-23(16-27(24)41-30)31-17-22-5-8-25(26(15-22)35(37)38)34-9-11-39-12-10-34/h5-8,13-17,21H,9-12H2,1-4H3,(H,33,36)/t21-/m1/s1. The molecule has 0 bridgehead atoms. The van der Waals surface area contributed by atoms with Crippen molar-refractivity contribution < 1.29 is 14.5 Å². The first-order valence-electron chi connectivity index (χ1n) is 13.3. The van der Waals surface area contributed by atoms with Crippen molar-refractivity contribution in [2.24, 2.45) is 4.99 Å².